The van der Waals surface area contributed by atoms with Gasteiger partial charge in [0.1, 0.15) is 0 Å². The van der Waals surface area contributed by atoms with Gasteiger partial charge in [-0.05, 0) is 25.0 Å². The van der Waals surface area contributed by atoms with E-state index in [1.165, 1.54) is 30.7 Å². The van der Waals surface area contributed by atoms with Crippen molar-refractivity contribution in [2.24, 2.45) is 0 Å². The summed E-state index contributed by atoms with van der Waals surface area (Å²) in [6.45, 7) is 5.72. The molecule has 2 atom stereocenters. The van der Waals surface area contributed by atoms with Crippen LogP contribution in [-0.2, 0) is 0 Å². The molecule has 122 valence electrons. The minimum atomic E-state index is -0.0889. The lowest BCUT2D eigenvalue weighted by Gasteiger charge is -2.42. The Morgan fingerprint density at radius 3 is 2.45 bits per heavy atom. The second-order valence-corrected chi connectivity index (χ2v) is 7.63. The SMILES string of the molecule is OC1CCCCC1N1CCN(CCSc2ccccc2)CC1. The molecule has 1 saturated heterocycles. The van der Waals surface area contributed by atoms with Gasteiger partial charge in [0.2, 0.25) is 0 Å². The molecule has 0 spiro atoms. The first-order chi connectivity index (χ1) is 10.8. The van der Waals surface area contributed by atoms with E-state index in [-0.39, 0.29) is 6.10 Å². The van der Waals surface area contributed by atoms with Crippen molar-refractivity contribution in [3.05, 3.63) is 30.3 Å². The van der Waals surface area contributed by atoms with Crippen molar-refractivity contribution < 1.29 is 5.11 Å². The Hall–Kier alpha value is -0.550. The van der Waals surface area contributed by atoms with Crippen molar-refractivity contribution in [3.8, 4) is 0 Å². The Morgan fingerprint density at radius 2 is 1.73 bits per heavy atom. The molecule has 1 saturated carbocycles. The number of benzene rings is 1. The molecule has 1 aromatic rings. The number of hydrogen-bond acceptors (Lipinski definition) is 4. The molecule has 3 rings (SSSR count). The van der Waals surface area contributed by atoms with Gasteiger partial charge in [0, 0.05) is 49.4 Å². The van der Waals surface area contributed by atoms with E-state index < -0.39 is 0 Å². The van der Waals surface area contributed by atoms with Gasteiger partial charge in [0.25, 0.3) is 0 Å². The highest BCUT2D eigenvalue weighted by Crippen LogP contribution is 2.24. The van der Waals surface area contributed by atoms with Gasteiger partial charge in [-0.1, -0.05) is 31.0 Å². The fourth-order valence-electron chi connectivity index (χ4n) is 3.65. The van der Waals surface area contributed by atoms with Crippen LogP contribution in [0.2, 0.25) is 0 Å². The normalized spacial score (nSPS) is 27.9. The number of nitrogens with zero attached hydrogens (tertiary/aromatic N) is 2. The van der Waals surface area contributed by atoms with Gasteiger partial charge in [-0.2, -0.15) is 0 Å². The smallest absolute Gasteiger partial charge is 0.0695 e. The van der Waals surface area contributed by atoms with Crippen LogP contribution in [0, 0.1) is 0 Å². The summed E-state index contributed by atoms with van der Waals surface area (Å²) < 4.78 is 0. The maximum absolute atomic E-state index is 10.2. The molecule has 0 radical (unpaired) electrons. The third-order valence-corrected chi connectivity index (χ3v) is 5.98. The molecule has 1 aliphatic carbocycles. The molecule has 1 N–H and O–H groups in total. The third kappa shape index (κ3) is 4.48. The standard InChI is InChI=1S/C18H28N2OS/c21-18-9-5-4-8-17(18)20-12-10-19(11-13-20)14-15-22-16-6-2-1-3-7-16/h1-3,6-7,17-18,21H,4-5,8-15H2. The first kappa shape index (κ1) is 16.3. The molecule has 0 aromatic heterocycles. The van der Waals surface area contributed by atoms with Gasteiger partial charge >= 0.3 is 0 Å². The van der Waals surface area contributed by atoms with E-state index in [2.05, 4.69) is 40.1 Å². The molecule has 2 fully saturated rings. The highest BCUT2D eigenvalue weighted by molar-refractivity contribution is 7.99. The summed E-state index contributed by atoms with van der Waals surface area (Å²) in [6.07, 6.45) is 4.59. The molecular weight excluding hydrogens is 292 g/mol. The van der Waals surface area contributed by atoms with Crippen LogP contribution in [0.15, 0.2) is 35.2 Å². The molecule has 4 heteroatoms. The van der Waals surface area contributed by atoms with Crippen molar-refractivity contribution in [1.82, 2.24) is 9.80 Å². The lowest BCUT2D eigenvalue weighted by atomic mass is 9.91. The van der Waals surface area contributed by atoms with Crippen LogP contribution in [0.4, 0.5) is 0 Å². The number of piperazine rings is 1. The Morgan fingerprint density at radius 1 is 1.00 bits per heavy atom. The molecule has 1 aliphatic heterocycles. The summed E-state index contributed by atoms with van der Waals surface area (Å²) in [5.41, 5.74) is 0. The topological polar surface area (TPSA) is 26.7 Å². The molecule has 3 nitrogen and oxygen atoms in total. The van der Waals surface area contributed by atoms with Crippen LogP contribution in [0.1, 0.15) is 25.7 Å². The summed E-state index contributed by atoms with van der Waals surface area (Å²) >= 11 is 1.95. The predicted molar refractivity (Wildman–Crippen MR) is 93.4 cm³/mol. The lowest BCUT2D eigenvalue weighted by molar-refractivity contribution is -0.00254. The molecule has 1 aromatic carbocycles. The molecule has 22 heavy (non-hydrogen) atoms. The van der Waals surface area contributed by atoms with Gasteiger partial charge in [-0.15, -0.1) is 11.8 Å². The minimum absolute atomic E-state index is 0.0889. The second kappa shape index (κ2) is 8.34. The number of rotatable bonds is 5. The monoisotopic (exact) mass is 320 g/mol. The molecule has 2 aliphatic rings. The zero-order chi connectivity index (χ0) is 15.2. The van der Waals surface area contributed by atoms with Crippen molar-refractivity contribution in [2.45, 2.75) is 42.7 Å². The first-order valence-electron chi connectivity index (χ1n) is 8.65. The lowest BCUT2D eigenvalue weighted by Crippen LogP contribution is -2.54. The number of thioether (sulfide) groups is 1. The Labute approximate surface area is 138 Å². The van der Waals surface area contributed by atoms with Crippen LogP contribution < -0.4 is 0 Å². The number of aliphatic hydroxyl groups is 1. The summed E-state index contributed by atoms with van der Waals surface area (Å²) in [6, 6.07) is 11.1. The average molecular weight is 321 g/mol. The minimum Gasteiger partial charge on any atom is -0.391 e. The maximum Gasteiger partial charge on any atom is 0.0695 e. The fraction of sp³-hybridized carbons (Fsp3) is 0.667. The van der Waals surface area contributed by atoms with Gasteiger partial charge < -0.3 is 5.11 Å². The molecule has 0 amide bonds. The van der Waals surface area contributed by atoms with Crippen molar-refractivity contribution in [2.75, 3.05) is 38.5 Å². The summed E-state index contributed by atoms with van der Waals surface area (Å²) in [5, 5.41) is 10.2. The molecular formula is C18H28N2OS. The zero-order valence-corrected chi connectivity index (χ0v) is 14.2. The Balaban J connectivity index is 1.36. The van der Waals surface area contributed by atoms with E-state index >= 15 is 0 Å². The van der Waals surface area contributed by atoms with E-state index in [1.807, 2.05) is 11.8 Å². The van der Waals surface area contributed by atoms with Gasteiger partial charge in [0.05, 0.1) is 6.10 Å². The fourth-order valence-corrected chi connectivity index (χ4v) is 4.58. The Bertz CT molecular complexity index is 434. The summed E-state index contributed by atoms with van der Waals surface area (Å²) in [7, 11) is 0. The third-order valence-electron chi connectivity index (χ3n) is 4.99. The first-order valence-corrected chi connectivity index (χ1v) is 9.64. The van der Waals surface area contributed by atoms with Crippen molar-refractivity contribution >= 4 is 11.8 Å². The zero-order valence-electron chi connectivity index (χ0n) is 13.4. The van der Waals surface area contributed by atoms with Crippen LogP contribution in [0.25, 0.3) is 0 Å². The van der Waals surface area contributed by atoms with Crippen LogP contribution >= 0.6 is 11.8 Å². The van der Waals surface area contributed by atoms with Gasteiger partial charge in [-0.3, -0.25) is 9.80 Å². The van der Waals surface area contributed by atoms with E-state index in [9.17, 15) is 5.11 Å². The van der Waals surface area contributed by atoms with E-state index in [0.717, 1.165) is 38.4 Å². The second-order valence-electron chi connectivity index (χ2n) is 6.46. The summed E-state index contributed by atoms with van der Waals surface area (Å²) in [4.78, 5) is 6.47. The summed E-state index contributed by atoms with van der Waals surface area (Å²) in [5.74, 6) is 1.16. The van der Waals surface area contributed by atoms with Crippen molar-refractivity contribution in [3.63, 3.8) is 0 Å². The van der Waals surface area contributed by atoms with Crippen LogP contribution in [0.3, 0.4) is 0 Å². The largest absolute Gasteiger partial charge is 0.391 e. The predicted octanol–water partition coefficient (Wildman–Crippen LogP) is 2.70. The average Bonchev–Trinajstić information content (AvgIpc) is 2.57. The quantitative estimate of drug-likeness (QED) is 0.844. The Kier molecular flexibility index (Phi) is 6.19. The van der Waals surface area contributed by atoms with E-state index in [1.54, 1.807) is 0 Å². The van der Waals surface area contributed by atoms with Crippen LogP contribution in [0.5, 0.6) is 0 Å². The molecule has 0 bridgehead atoms. The molecule has 2 unspecified atom stereocenters. The number of hydrogen-bond donors (Lipinski definition) is 1. The van der Waals surface area contributed by atoms with Crippen LogP contribution in [-0.4, -0.2) is 65.5 Å². The van der Waals surface area contributed by atoms with E-state index in [0.29, 0.717) is 6.04 Å². The number of aliphatic hydroxyl groups excluding tert-OH is 1. The highest BCUT2D eigenvalue weighted by Gasteiger charge is 2.30. The van der Waals surface area contributed by atoms with Gasteiger partial charge in [0.15, 0.2) is 0 Å². The van der Waals surface area contributed by atoms with Gasteiger partial charge in [-0.25, -0.2) is 0 Å². The van der Waals surface area contributed by atoms with Crippen molar-refractivity contribution in [1.29, 1.82) is 0 Å². The van der Waals surface area contributed by atoms with E-state index in [4.69, 9.17) is 0 Å². The molecule has 1 heterocycles. The maximum atomic E-state index is 10.2. The highest BCUT2D eigenvalue weighted by atomic mass is 32.2.